The van der Waals surface area contributed by atoms with Crippen molar-refractivity contribution < 1.29 is 24.0 Å². The molecule has 4 amide bonds. The molecule has 1 aliphatic heterocycles. The van der Waals surface area contributed by atoms with Crippen LogP contribution < -0.4 is 5.73 Å². The van der Waals surface area contributed by atoms with Gasteiger partial charge in [0.15, 0.2) is 5.78 Å². The molecular weight excluding hydrogens is 548 g/mol. The molecule has 0 radical (unpaired) electrons. The van der Waals surface area contributed by atoms with Gasteiger partial charge in [-0.2, -0.15) is 0 Å². The van der Waals surface area contributed by atoms with Crippen LogP contribution in [0.4, 0.5) is 0 Å². The van der Waals surface area contributed by atoms with Crippen molar-refractivity contribution in [1.29, 1.82) is 0 Å². The van der Waals surface area contributed by atoms with E-state index in [1.54, 1.807) is 4.90 Å². The van der Waals surface area contributed by atoms with E-state index < -0.39 is 6.04 Å². The number of likely N-dealkylation sites (N-methyl/N-ethyl adjacent to an activating group) is 1. The highest BCUT2D eigenvalue weighted by molar-refractivity contribution is 5.92. The topological polar surface area (TPSA) is 128 Å². The number of rotatable bonds is 17. The van der Waals surface area contributed by atoms with Crippen LogP contribution >= 0.6 is 0 Å². The van der Waals surface area contributed by atoms with Crippen molar-refractivity contribution in [3.8, 4) is 0 Å². The van der Waals surface area contributed by atoms with E-state index in [-0.39, 0.29) is 74.1 Å². The van der Waals surface area contributed by atoms with Gasteiger partial charge in [0.2, 0.25) is 23.6 Å². The van der Waals surface area contributed by atoms with Crippen molar-refractivity contribution in [2.45, 2.75) is 72.5 Å². The van der Waals surface area contributed by atoms with Crippen molar-refractivity contribution in [3.63, 3.8) is 0 Å². The minimum absolute atomic E-state index is 0.0613. The second kappa shape index (κ2) is 17.7. The molecular formula is C32H52N6O5. The Labute approximate surface area is 257 Å². The number of likely N-dealkylation sites (tertiary alicyclic amines) is 1. The third-order valence-corrected chi connectivity index (χ3v) is 7.78. The Morgan fingerprint density at radius 1 is 0.884 bits per heavy atom. The molecule has 1 aromatic carbocycles. The zero-order valence-electron chi connectivity index (χ0n) is 27.0. The first kappa shape index (κ1) is 35.9. The summed E-state index contributed by atoms with van der Waals surface area (Å²) in [6, 6.07) is 9.07. The van der Waals surface area contributed by atoms with Crippen molar-refractivity contribution in [1.82, 2.24) is 24.5 Å². The number of amides is 4. The van der Waals surface area contributed by atoms with Gasteiger partial charge < -0.3 is 25.3 Å². The average molecular weight is 601 g/mol. The molecule has 1 unspecified atom stereocenters. The number of hydrogen-bond donors (Lipinski definition) is 1. The molecule has 1 atom stereocenters. The largest absolute Gasteiger partial charge is 0.332 e. The van der Waals surface area contributed by atoms with Crippen LogP contribution in [-0.2, 0) is 30.5 Å². The lowest BCUT2D eigenvalue weighted by Crippen LogP contribution is -2.51. The summed E-state index contributed by atoms with van der Waals surface area (Å²) >= 11 is 0. The molecule has 43 heavy (non-hydrogen) atoms. The molecule has 2 N–H and O–H groups in total. The molecule has 1 aliphatic rings. The number of ketones is 1. The lowest BCUT2D eigenvalue weighted by molar-refractivity contribution is -0.147. The summed E-state index contributed by atoms with van der Waals surface area (Å²) in [5.41, 5.74) is 6.56. The van der Waals surface area contributed by atoms with E-state index in [1.807, 2.05) is 70.0 Å². The fraction of sp³-hybridized carbons (Fsp3) is 0.656. The number of carbonyl (C=O) groups excluding carboxylic acids is 5. The molecule has 0 spiro atoms. The number of Topliss-reactive ketones (excluding diaryl/α,β-unsaturated/α-hetero) is 1. The summed E-state index contributed by atoms with van der Waals surface area (Å²) in [6.45, 7) is 10.7. The first-order valence-electron chi connectivity index (χ1n) is 15.4. The Kier molecular flexibility index (Phi) is 14.8. The zero-order chi connectivity index (χ0) is 32.1. The van der Waals surface area contributed by atoms with E-state index in [0.29, 0.717) is 39.0 Å². The minimum Gasteiger partial charge on any atom is -0.332 e. The van der Waals surface area contributed by atoms with Gasteiger partial charge in [-0.3, -0.25) is 28.9 Å². The number of nitrogens with two attached hydrogens (primary N) is 1. The molecule has 0 saturated carbocycles. The molecule has 0 aromatic heterocycles. The molecule has 11 nitrogen and oxygen atoms in total. The fourth-order valence-electron chi connectivity index (χ4n) is 5.07. The predicted octanol–water partition coefficient (Wildman–Crippen LogP) is 1.60. The standard InChI is InChI=1S/C32H52N6O5/c1-24(2)18-36(30(41)21-35(16-11-15-33)29(40)20-34(6)25(3)4)22-31(42)37(19-27-12-8-7-9-13-27)23-32(43)38-17-10-14-28(38)26(5)39/h7-9,12-13,24-25,28H,10-11,14-23,33H2,1-6H3. The van der Waals surface area contributed by atoms with Crippen LogP contribution in [0.25, 0.3) is 0 Å². The van der Waals surface area contributed by atoms with Gasteiger partial charge in [-0.15, -0.1) is 0 Å². The third kappa shape index (κ3) is 11.7. The molecule has 240 valence electrons. The molecule has 1 heterocycles. The van der Waals surface area contributed by atoms with Crippen molar-refractivity contribution in [2.24, 2.45) is 11.7 Å². The van der Waals surface area contributed by atoms with Crippen LogP contribution in [0.15, 0.2) is 30.3 Å². The summed E-state index contributed by atoms with van der Waals surface area (Å²) < 4.78 is 0. The number of carbonyl (C=O) groups is 5. The molecule has 11 heteroatoms. The fourth-order valence-corrected chi connectivity index (χ4v) is 5.07. The molecule has 1 aromatic rings. The van der Waals surface area contributed by atoms with Crippen LogP contribution in [0.2, 0.25) is 0 Å². The maximum Gasteiger partial charge on any atom is 0.242 e. The van der Waals surface area contributed by atoms with Gasteiger partial charge in [0, 0.05) is 32.2 Å². The van der Waals surface area contributed by atoms with Crippen LogP contribution in [0, 0.1) is 5.92 Å². The Morgan fingerprint density at radius 3 is 2.07 bits per heavy atom. The van der Waals surface area contributed by atoms with Crippen LogP contribution in [0.1, 0.15) is 59.4 Å². The summed E-state index contributed by atoms with van der Waals surface area (Å²) in [6.07, 6.45) is 1.92. The smallest absolute Gasteiger partial charge is 0.242 e. The first-order chi connectivity index (χ1) is 20.3. The quantitative estimate of drug-likeness (QED) is 0.288. The highest BCUT2D eigenvalue weighted by Crippen LogP contribution is 2.19. The van der Waals surface area contributed by atoms with Gasteiger partial charge in [0.05, 0.1) is 25.7 Å². The van der Waals surface area contributed by atoms with E-state index in [1.165, 1.54) is 21.6 Å². The average Bonchev–Trinajstić information content (AvgIpc) is 3.45. The highest BCUT2D eigenvalue weighted by Gasteiger charge is 2.34. The lowest BCUT2D eigenvalue weighted by Gasteiger charge is -2.32. The number of hydrogen-bond acceptors (Lipinski definition) is 7. The number of benzene rings is 1. The van der Waals surface area contributed by atoms with Crippen LogP contribution in [0.5, 0.6) is 0 Å². The van der Waals surface area contributed by atoms with Crippen molar-refractivity contribution in [3.05, 3.63) is 35.9 Å². The molecule has 1 saturated heterocycles. The summed E-state index contributed by atoms with van der Waals surface area (Å²) in [5, 5.41) is 0. The second-order valence-electron chi connectivity index (χ2n) is 12.2. The normalized spacial score (nSPS) is 14.8. The van der Waals surface area contributed by atoms with Gasteiger partial charge in [-0.1, -0.05) is 44.2 Å². The van der Waals surface area contributed by atoms with Crippen LogP contribution in [0.3, 0.4) is 0 Å². The summed E-state index contributed by atoms with van der Waals surface area (Å²) in [4.78, 5) is 74.0. The molecule has 0 aliphatic carbocycles. The van der Waals surface area contributed by atoms with Crippen molar-refractivity contribution in [2.75, 3.05) is 59.4 Å². The van der Waals surface area contributed by atoms with Gasteiger partial charge in [0.1, 0.15) is 6.54 Å². The summed E-state index contributed by atoms with van der Waals surface area (Å²) in [7, 11) is 1.86. The Bertz CT molecular complexity index is 1080. The second-order valence-corrected chi connectivity index (χ2v) is 12.2. The van der Waals surface area contributed by atoms with Crippen LogP contribution in [-0.4, -0.2) is 125 Å². The van der Waals surface area contributed by atoms with Gasteiger partial charge >= 0.3 is 0 Å². The SMILES string of the molecule is CC(=O)C1CCCN1C(=O)CN(Cc1ccccc1)C(=O)CN(CC(C)C)C(=O)CN(CCCN)C(=O)CN(C)C(C)C. The highest BCUT2D eigenvalue weighted by atomic mass is 16.2. The van der Waals surface area contributed by atoms with Gasteiger partial charge in [-0.05, 0) is 65.1 Å². The maximum atomic E-state index is 13.8. The molecule has 1 fully saturated rings. The Balaban J connectivity index is 2.25. The van der Waals surface area contributed by atoms with Gasteiger partial charge in [-0.25, -0.2) is 0 Å². The Hall–Kier alpha value is -3.31. The summed E-state index contributed by atoms with van der Waals surface area (Å²) in [5.74, 6) is -1.14. The molecule has 2 rings (SSSR count). The minimum atomic E-state index is -0.466. The maximum absolute atomic E-state index is 13.8. The van der Waals surface area contributed by atoms with E-state index in [9.17, 15) is 24.0 Å². The van der Waals surface area contributed by atoms with E-state index in [2.05, 4.69) is 0 Å². The van der Waals surface area contributed by atoms with E-state index >= 15 is 0 Å². The van der Waals surface area contributed by atoms with E-state index in [0.717, 1.165) is 12.0 Å². The first-order valence-corrected chi connectivity index (χ1v) is 15.4. The van der Waals surface area contributed by atoms with E-state index in [4.69, 9.17) is 5.73 Å². The molecule has 0 bridgehead atoms. The zero-order valence-corrected chi connectivity index (χ0v) is 27.0. The lowest BCUT2D eigenvalue weighted by atomic mass is 10.1. The van der Waals surface area contributed by atoms with Crippen molar-refractivity contribution >= 4 is 29.4 Å². The predicted molar refractivity (Wildman–Crippen MR) is 167 cm³/mol. The Morgan fingerprint density at radius 2 is 1.49 bits per heavy atom. The number of nitrogens with zero attached hydrogens (tertiary/aromatic N) is 5. The van der Waals surface area contributed by atoms with Gasteiger partial charge in [0.25, 0.3) is 0 Å². The third-order valence-electron chi connectivity index (χ3n) is 7.78. The monoisotopic (exact) mass is 600 g/mol.